The summed E-state index contributed by atoms with van der Waals surface area (Å²) in [5.41, 5.74) is 1.93. The molecule has 7 heteroatoms. The Labute approximate surface area is 134 Å². The van der Waals surface area contributed by atoms with Crippen molar-refractivity contribution in [2.24, 2.45) is 0 Å². The van der Waals surface area contributed by atoms with Crippen molar-refractivity contribution in [2.75, 3.05) is 17.8 Å². The van der Waals surface area contributed by atoms with Crippen LogP contribution >= 0.6 is 39.5 Å². The van der Waals surface area contributed by atoms with E-state index in [1.165, 1.54) is 11.8 Å². The third-order valence-electron chi connectivity index (χ3n) is 2.79. The van der Waals surface area contributed by atoms with Gasteiger partial charge in [-0.25, -0.2) is 4.98 Å². The highest BCUT2D eigenvalue weighted by atomic mass is 79.9. The van der Waals surface area contributed by atoms with Crippen LogP contribution in [0.2, 0.25) is 0 Å². The molecule has 0 amide bonds. The summed E-state index contributed by atoms with van der Waals surface area (Å²) in [5.74, 6) is 0.155. The molecule has 0 radical (unpaired) electrons. The summed E-state index contributed by atoms with van der Waals surface area (Å²) in [7, 11) is 0. The summed E-state index contributed by atoms with van der Waals surface area (Å²) >= 11 is 6.52. The average molecular weight is 375 g/mol. The van der Waals surface area contributed by atoms with Crippen LogP contribution in [0.5, 0.6) is 0 Å². The number of imidazole rings is 1. The van der Waals surface area contributed by atoms with E-state index in [-0.39, 0.29) is 11.8 Å². The van der Waals surface area contributed by atoms with Gasteiger partial charge in [-0.2, -0.15) is 11.8 Å². The standard InChI is InChI=1S/C13H15BrN2O2S2/c1-8(6-19-2)16-11-5-9(14)3-4-10(11)15-13(16)20-7-12(17)18/h3-5,8H,6-7H2,1-2H3,(H,17,18). The number of thioether (sulfide) groups is 2. The molecule has 0 saturated heterocycles. The van der Waals surface area contributed by atoms with Crippen molar-refractivity contribution in [3.05, 3.63) is 22.7 Å². The van der Waals surface area contributed by atoms with E-state index in [1.54, 1.807) is 11.8 Å². The first-order valence-electron chi connectivity index (χ1n) is 6.04. The molecule has 1 heterocycles. The molecule has 2 aromatic rings. The highest BCUT2D eigenvalue weighted by Crippen LogP contribution is 2.30. The number of carboxylic acid groups (broad SMARTS) is 1. The minimum atomic E-state index is -0.827. The summed E-state index contributed by atoms with van der Waals surface area (Å²) < 4.78 is 3.13. The van der Waals surface area contributed by atoms with E-state index in [0.717, 1.165) is 26.4 Å². The van der Waals surface area contributed by atoms with Gasteiger partial charge in [0.2, 0.25) is 0 Å². The highest BCUT2D eigenvalue weighted by Gasteiger charge is 2.17. The molecular weight excluding hydrogens is 360 g/mol. The van der Waals surface area contributed by atoms with Gasteiger partial charge in [-0.15, -0.1) is 0 Å². The van der Waals surface area contributed by atoms with Crippen molar-refractivity contribution in [3.63, 3.8) is 0 Å². The molecular formula is C13H15BrN2O2S2. The molecule has 108 valence electrons. The first-order valence-corrected chi connectivity index (χ1v) is 9.21. The van der Waals surface area contributed by atoms with Gasteiger partial charge < -0.3 is 9.67 Å². The molecule has 0 aliphatic heterocycles. The predicted molar refractivity (Wildman–Crippen MR) is 88.9 cm³/mol. The van der Waals surface area contributed by atoms with Crippen LogP contribution in [0.15, 0.2) is 27.8 Å². The summed E-state index contributed by atoms with van der Waals surface area (Å²) in [4.78, 5) is 15.3. The molecule has 0 aliphatic rings. The van der Waals surface area contributed by atoms with Gasteiger partial charge in [0.25, 0.3) is 0 Å². The molecule has 1 unspecified atom stereocenters. The Morgan fingerprint density at radius 3 is 2.95 bits per heavy atom. The monoisotopic (exact) mass is 374 g/mol. The van der Waals surface area contributed by atoms with Gasteiger partial charge in [0, 0.05) is 16.3 Å². The highest BCUT2D eigenvalue weighted by molar-refractivity contribution is 9.10. The van der Waals surface area contributed by atoms with Crippen molar-refractivity contribution in [2.45, 2.75) is 18.1 Å². The number of halogens is 1. The lowest BCUT2D eigenvalue weighted by Gasteiger charge is -2.16. The molecule has 4 nitrogen and oxygen atoms in total. The Hall–Kier alpha value is -0.660. The molecule has 1 N–H and O–H groups in total. The van der Waals surface area contributed by atoms with E-state index < -0.39 is 5.97 Å². The molecule has 1 aromatic heterocycles. The second-order valence-electron chi connectivity index (χ2n) is 4.38. The van der Waals surface area contributed by atoms with Gasteiger partial charge >= 0.3 is 5.97 Å². The quantitative estimate of drug-likeness (QED) is 0.776. The fourth-order valence-electron chi connectivity index (χ4n) is 2.01. The van der Waals surface area contributed by atoms with Crippen molar-refractivity contribution >= 4 is 56.5 Å². The number of carbonyl (C=O) groups is 1. The molecule has 0 saturated carbocycles. The third-order valence-corrected chi connectivity index (χ3v) is 5.04. The molecule has 20 heavy (non-hydrogen) atoms. The maximum absolute atomic E-state index is 10.8. The Balaban J connectivity index is 2.48. The van der Waals surface area contributed by atoms with Crippen LogP contribution in [-0.4, -0.2) is 38.4 Å². The number of aliphatic carboxylic acids is 1. The predicted octanol–water partition coefficient (Wildman–Crippen LogP) is 3.90. The lowest BCUT2D eigenvalue weighted by Crippen LogP contribution is -2.10. The zero-order chi connectivity index (χ0) is 14.7. The van der Waals surface area contributed by atoms with Crippen molar-refractivity contribution < 1.29 is 9.90 Å². The molecule has 0 bridgehead atoms. The maximum Gasteiger partial charge on any atom is 0.313 e. The normalized spacial score (nSPS) is 12.8. The fourth-order valence-corrected chi connectivity index (χ4v) is 3.83. The summed E-state index contributed by atoms with van der Waals surface area (Å²) in [6.45, 7) is 2.13. The van der Waals surface area contributed by atoms with E-state index in [1.807, 2.05) is 18.2 Å². The number of hydrogen-bond acceptors (Lipinski definition) is 4. The lowest BCUT2D eigenvalue weighted by atomic mass is 10.3. The number of carboxylic acids is 1. The smallest absolute Gasteiger partial charge is 0.313 e. The fraction of sp³-hybridized carbons (Fsp3) is 0.385. The minimum Gasteiger partial charge on any atom is -0.481 e. The van der Waals surface area contributed by atoms with Crippen molar-refractivity contribution in [1.29, 1.82) is 0 Å². The number of rotatable bonds is 6. The number of fused-ring (bicyclic) bond motifs is 1. The van der Waals surface area contributed by atoms with Gasteiger partial charge in [0.05, 0.1) is 16.8 Å². The maximum atomic E-state index is 10.8. The minimum absolute atomic E-state index is 0.0243. The van der Waals surface area contributed by atoms with E-state index >= 15 is 0 Å². The number of hydrogen-bond donors (Lipinski definition) is 1. The SMILES string of the molecule is CSCC(C)n1c(SCC(=O)O)nc2ccc(Br)cc21. The van der Waals surface area contributed by atoms with E-state index in [2.05, 4.69) is 38.7 Å². The molecule has 1 atom stereocenters. The summed E-state index contributed by atoms with van der Waals surface area (Å²) in [5, 5.41) is 9.62. The topological polar surface area (TPSA) is 55.1 Å². The number of aromatic nitrogens is 2. The van der Waals surface area contributed by atoms with Crippen LogP contribution in [0.1, 0.15) is 13.0 Å². The molecule has 1 aromatic carbocycles. The zero-order valence-corrected chi connectivity index (χ0v) is 14.4. The lowest BCUT2D eigenvalue weighted by molar-refractivity contribution is -0.133. The van der Waals surface area contributed by atoms with Gasteiger partial charge in [0.15, 0.2) is 5.16 Å². The summed E-state index contributed by atoms with van der Waals surface area (Å²) in [6, 6.07) is 6.20. The Kier molecular flexibility index (Phi) is 5.40. The van der Waals surface area contributed by atoms with Gasteiger partial charge in [-0.05, 0) is 31.4 Å². The van der Waals surface area contributed by atoms with Crippen LogP contribution in [0.25, 0.3) is 11.0 Å². The van der Waals surface area contributed by atoms with Crippen LogP contribution in [0, 0.1) is 0 Å². The van der Waals surface area contributed by atoms with Crippen molar-refractivity contribution in [3.8, 4) is 0 Å². The molecule has 2 rings (SSSR count). The average Bonchev–Trinajstić information content (AvgIpc) is 2.74. The second kappa shape index (κ2) is 6.87. The zero-order valence-electron chi connectivity index (χ0n) is 11.2. The number of benzene rings is 1. The second-order valence-corrected chi connectivity index (χ2v) is 7.15. The van der Waals surface area contributed by atoms with Gasteiger partial charge in [0.1, 0.15) is 0 Å². The Morgan fingerprint density at radius 2 is 2.30 bits per heavy atom. The van der Waals surface area contributed by atoms with Crippen LogP contribution in [0.3, 0.4) is 0 Å². The summed E-state index contributed by atoms with van der Waals surface area (Å²) in [6.07, 6.45) is 2.07. The largest absolute Gasteiger partial charge is 0.481 e. The van der Waals surface area contributed by atoms with Crippen LogP contribution in [0.4, 0.5) is 0 Å². The Bertz CT molecular complexity index is 630. The van der Waals surface area contributed by atoms with E-state index in [9.17, 15) is 4.79 Å². The first-order chi connectivity index (χ1) is 9.52. The van der Waals surface area contributed by atoms with E-state index in [0.29, 0.717) is 0 Å². The molecule has 0 fully saturated rings. The third kappa shape index (κ3) is 3.51. The molecule has 0 aliphatic carbocycles. The molecule has 0 spiro atoms. The number of nitrogens with zero attached hydrogens (tertiary/aromatic N) is 2. The Morgan fingerprint density at radius 1 is 1.55 bits per heavy atom. The van der Waals surface area contributed by atoms with Crippen molar-refractivity contribution in [1.82, 2.24) is 9.55 Å². The van der Waals surface area contributed by atoms with E-state index in [4.69, 9.17) is 5.11 Å². The van der Waals surface area contributed by atoms with Crippen LogP contribution in [-0.2, 0) is 4.79 Å². The van der Waals surface area contributed by atoms with Gasteiger partial charge in [-0.1, -0.05) is 27.7 Å². The first kappa shape index (κ1) is 15.7. The van der Waals surface area contributed by atoms with Gasteiger partial charge in [-0.3, -0.25) is 4.79 Å². The van der Waals surface area contributed by atoms with Crippen LogP contribution < -0.4 is 0 Å².